The van der Waals surface area contributed by atoms with E-state index in [1.165, 1.54) is 12.8 Å². The second-order valence-electron chi connectivity index (χ2n) is 6.59. The number of hydrogen-bond donors (Lipinski definition) is 1. The number of benzene rings is 2. The van der Waals surface area contributed by atoms with E-state index in [2.05, 4.69) is 15.6 Å². The van der Waals surface area contributed by atoms with E-state index in [0.29, 0.717) is 22.3 Å². The molecule has 4 rings (SSSR count). The molecule has 0 spiro atoms. The normalized spacial score (nSPS) is 15.0. The smallest absolute Gasteiger partial charge is 0.255 e. The molecule has 3 aromatic rings. The fourth-order valence-electron chi connectivity index (χ4n) is 3.38. The van der Waals surface area contributed by atoms with Crippen molar-refractivity contribution in [3.05, 3.63) is 52.5 Å². The van der Waals surface area contributed by atoms with Crippen molar-refractivity contribution in [3.63, 3.8) is 0 Å². The molecule has 1 aliphatic rings. The molecule has 0 radical (unpaired) electrons. The molecule has 1 amide bonds. The number of carbonyl (C=O) groups is 1. The molecule has 5 nitrogen and oxygen atoms in total. The van der Waals surface area contributed by atoms with Crippen LogP contribution < -0.4 is 5.32 Å². The predicted octanol–water partition coefficient (Wildman–Crippen LogP) is 4.76. The highest BCUT2D eigenvalue weighted by atomic mass is 35.5. The van der Waals surface area contributed by atoms with Gasteiger partial charge in [0.25, 0.3) is 5.91 Å². The number of carbonyl (C=O) groups excluding carboxylic acids is 1. The summed E-state index contributed by atoms with van der Waals surface area (Å²) in [6, 6.07) is 11.5. The van der Waals surface area contributed by atoms with Gasteiger partial charge in [-0.05, 0) is 55.7 Å². The molecular weight excluding hydrogens is 336 g/mol. The second-order valence-corrected chi connectivity index (χ2v) is 7.00. The number of fused-ring (bicyclic) bond motifs is 1. The van der Waals surface area contributed by atoms with Gasteiger partial charge in [-0.3, -0.25) is 4.79 Å². The first kappa shape index (κ1) is 16.1. The van der Waals surface area contributed by atoms with Crippen LogP contribution in [0.25, 0.3) is 11.0 Å². The molecule has 25 heavy (non-hydrogen) atoms. The quantitative estimate of drug-likeness (QED) is 0.737. The van der Waals surface area contributed by atoms with Crippen molar-refractivity contribution in [3.8, 4) is 0 Å². The lowest BCUT2D eigenvalue weighted by molar-refractivity contribution is 0.102. The van der Waals surface area contributed by atoms with Gasteiger partial charge in [0.05, 0.1) is 11.6 Å². The van der Waals surface area contributed by atoms with E-state index in [0.717, 1.165) is 29.4 Å². The number of hydrogen-bond acceptors (Lipinski definition) is 3. The second kappa shape index (κ2) is 6.48. The summed E-state index contributed by atoms with van der Waals surface area (Å²) in [6.07, 6.45) is 4.78. The highest BCUT2D eigenvalue weighted by Gasteiger charge is 2.20. The van der Waals surface area contributed by atoms with Gasteiger partial charge in [0.1, 0.15) is 5.52 Å². The van der Waals surface area contributed by atoms with Gasteiger partial charge in [0.15, 0.2) is 0 Å². The molecule has 2 aromatic carbocycles. The SMILES string of the molecule is Cc1ccc(NC(=O)c2ccc3c(c2)nnn3C2CCCC2)cc1Cl. The number of nitrogens with one attached hydrogen (secondary N) is 1. The first-order valence-corrected chi connectivity index (χ1v) is 8.92. The lowest BCUT2D eigenvalue weighted by Crippen LogP contribution is -2.12. The number of nitrogens with zero attached hydrogens (tertiary/aromatic N) is 3. The van der Waals surface area contributed by atoms with E-state index >= 15 is 0 Å². The molecule has 0 atom stereocenters. The molecule has 0 unspecified atom stereocenters. The van der Waals surface area contributed by atoms with Crippen molar-refractivity contribution >= 4 is 34.2 Å². The van der Waals surface area contributed by atoms with Crippen molar-refractivity contribution in [2.24, 2.45) is 0 Å². The van der Waals surface area contributed by atoms with Crippen molar-refractivity contribution in [2.75, 3.05) is 5.32 Å². The van der Waals surface area contributed by atoms with Crippen LogP contribution in [-0.2, 0) is 0 Å². The average molecular weight is 355 g/mol. The van der Waals surface area contributed by atoms with Gasteiger partial charge in [0.2, 0.25) is 0 Å². The Morgan fingerprint density at radius 2 is 2.00 bits per heavy atom. The largest absolute Gasteiger partial charge is 0.322 e. The van der Waals surface area contributed by atoms with Crippen LogP contribution in [-0.4, -0.2) is 20.9 Å². The number of rotatable bonds is 3. The zero-order chi connectivity index (χ0) is 17.4. The third kappa shape index (κ3) is 3.12. The maximum absolute atomic E-state index is 12.5. The van der Waals surface area contributed by atoms with Crippen LogP contribution in [0.1, 0.15) is 47.6 Å². The molecule has 1 heterocycles. The Morgan fingerprint density at radius 1 is 1.20 bits per heavy atom. The first-order valence-electron chi connectivity index (χ1n) is 8.54. The van der Waals surface area contributed by atoms with E-state index < -0.39 is 0 Å². The van der Waals surface area contributed by atoms with Crippen LogP contribution in [0.15, 0.2) is 36.4 Å². The maximum Gasteiger partial charge on any atom is 0.255 e. The minimum atomic E-state index is -0.183. The summed E-state index contributed by atoms with van der Waals surface area (Å²) < 4.78 is 2.00. The summed E-state index contributed by atoms with van der Waals surface area (Å²) in [6.45, 7) is 1.93. The molecule has 1 aromatic heterocycles. The molecule has 1 saturated carbocycles. The van der Waals surface area contributed by atoms with Gasteiger partial charge in [-0.1, -0.05) is 35.7 Å². The lowest BCUT2D eigenvalue weighted by Gasteiger charge is -2.10. The topological polar surface area (TPSA) is 59.8 Å². The first-order chi connectivity index (χ1) is 12.1. The van der Waals surface area contributed by atoms with Crippen molar-refractivity contribution in [1.82, 2.24) is 15.0 Å². The molecule has 1 aliphatic carbocycles. The zero-order valence-corrected chi connectivity index (χ0v) is 14.8. The van der Waals surface area contributed by atoms with Crippen LogP contribution in [0.3, 0.4) is 0 Å². The molecule has 128 valence electrons. The molecule has 0 saturated heterocycles. The number of amides is 1. The summed E-state index contributed by atoms with van der Waals surface area (Å²) in [4.78, 5) is 12.5. The Balaban J connectivity index is 1.58. The van der Waals surface area contributed by atoms with Crippen LogP contribution in [0, 0.1) is 6.92 Å². The fraction of sp³-hybridized carbons (Fsp3) is 0.316. The fourth-order valence-corrected chi connectivity index (χ4v) is 3.56. The molecule has 0 bridgehead atoms. The predicted molar refractivity (Wildman–Crippen MR) is 99.2 cm³/mol. The highest BCUT2D eigenvalue weighted by molar-refractivity contribution is 6.31. The number of aryl methyl sites for hydroxylation is 1. The Bertz CT molecular complexity index is 944. The van der Waals surface area contributed by atoms with E-state index in [9.17, 15) is 4.79 Å². The van der Waals surface area contributed by atoms with Gasteiger partial charge in [-0.15, -0.1) is 5.10 Å². The highest BCUT2D eigenvalue weighted by Crippen LogP contribution is 2.31. The molecule has 1 fully saturated rings. The standard InChI is InChI=1S/C19H19ClN4O/c1-12-6-8-14(11-16(12)20)21-19(25)13-7-9-18-17(10-13)22-23-24(18)15-4-2-3-5-15/h6-11,15H,2-5H2,1H3,(H,21,25). The summed E-state index contributed by atoms with van der Waals surface area (Å²) in [5, 5.41) is 12.1. The summed E-state index contributed by atoms with van der Waals surface area (Å²) in [5.41, 5.74) is 3.95. The summed E-state index contributed by atoms with van der Waals surface area (Å²) >= 11 is 6.11. The Hall–Kier alpha value is -2.40. The molecule has 0 aliphatic heterocycles. The van der Waals surface area contributed by atoms with Crippen LogP contribution in [0.4, 0.5) is 5.69 Å². The van der Waals surface area contributed by atoms with E-state index in [1.807, 2.05) is 35.9 Å². The molecule has 1 N–H and O–H groups in total. The minimum Gasteiger partial charge on any atom is -0.322 e. The average Bonchev–Trinajstić information content (AvgIpc) is 3.26. The van der Waals surface area contributed by atoms with Crippen molar-refractivity contribution < 1.29 is 4.79 Å². The van der Waals surface area contributed by atoms with Crippen molar-refractivity contribution in [1.29, 1.82) is 0 Å². The third-order valence-electron chi connectivity index (χ3n) is 4.83. The number of aromatic nitrogens is 3. The van der Waals surface area contributed by atoms with Gasteiger partial charge >= 0.3 is 0 Å². The van der Waals surface area contributed by atoms with Gasteiger partial charge in [0, 0.05) is 16.3 Å². The van der Waals surface area contributed by atoms with Gasteiger partial charge in [-0.2, -0.15) is 0 Å². The number of anilines is 1. The minimum absolute atomic E-state index is 0.183. The molecule has 6 heteroatoms. The van der Waals surface area contributed by atoms with Gasteiger partial charge < -0.3 is 5.32 Å². The lowest BCUT2D eigenvalue weighted by atomic mass is 10.1. The van der Waals surface area contributed by atoms with E-state index in [-0.39, 0.29) is 5.91 Å². The third-order valence-corrected chi connectivity index (χ3v) is 5.24. The zero-order valence-electron chi connectivity index (χ0n) is 14.0. The van der Waals surface area contributed by atoms with E-state index in [1.54, 1.807) is 12.1 Å². The van der Waals surface area contributed by atoms with Crippen LogP contribution >= 0.6 is 11.6 Å². The Kier molecular flexibility index (Phi) is 4.17. The van der Waals surface area contributed by atoms with Crippen LogP contribution in [0.5, 0.6) is 0 Å². The Labute approximate surface area is 151 Å². The summed E-state index contributed by atoms with van der Waals surface area (Å²) in [5.74, 6) is -0.183. The Morgan fingerprint density at radius 3 is 2.76 bits per heavy atom. The maximum atomic E-state index is 12.5. The van der Waals surface area contributed by atoms with Gasteiger partial charge in [-0.25, -0.2) is 4.68 Å². The van der Waals surface area contributed by atoms with Crippen LogP contribution in [0.2, 0.25) is 5.02 Å². The number of halogens is 1. The summed E-state index contributed by atoms with van der Waals surface area (Å²) in [7, 11) is 0. The van der Waals surface area contributed by atoms with E-state index in [4.69, 9.17) is 11.6 Å². The molecular formula is C19H19ClN4O. The monoisotopic (exact) mass is 354 g/mol. The van der Waals surface area contributed by atoms with Crippen molar-refractivity contribution in [2.45, 2.75) is 38.6 Å².